The van der Waals surface area contributed by atoms with Crippen LogP contribution >= 0.6 is 0 Å². The maximum absolute atomic E-state index is 13.7. The summed E-state index contributed by atoms with van der Waals surface area (Å²) >= 11 is 0. The molecule has 1 unspecified atom stereocenters. The molecule has 2 aromatic heterocycles. The number of nitriles is 1. The molecule has 1 saturated heterocycles. The summed E-state index contributed by atoms with van der Waals surface area (Å²) in [6, 6.07) is 6.72. The molecule has 1 aliphatic heterocycles. The molecule has 0 saturated carbocycles. The van der Waals surface area contributed by atoms with Crippen molar-refractivity contribution in [3.63, 3.8) is 0 Å². The van der Waals surface area contributed by atoms with E-state index in [2.05, 4.69) is 42.7 Å². The molecular formula is C18H16FN7. The highest BCUT2D eigenvalue weighted by Gasteiger charge is 2.28. The normalized spacial score (nSPS) is 17.3. The van der Waals surface area contributed by atoms with Crippen molar-refractivity contribution in [3.8, 4) is 6.07 Å². The van der Waals surface area contributed by atoms with E-state index in [0.29, 0.717) is 42.0 Å². The van der Waals surface area contributed by atoms with Gasteiger partial charge in [-0.25, -0.2) is 24.3 Å². The zero-order valence-electron chi connectivity index (χ0n) is 14.2. The van der Waals surface area contributed by atoms with Crippen molar-refractivity contribution in [1.82, 2.24) is 19.9 Å². The van der Waals surface area contributed by atoms with Gasteiger partial charge in [-0.3, -0.25) is 0 Å². The first-order valence-corrected chi connectivity index (χ1v) is 8.30. The highest BCUT2D eigenvalue weighted by Crippen LogP contribution is 2.28. The third kappa shape index (κ3) is 2.77. The van der Waals surface area contributed by atoms with Gasteiger partial charge in [0.25, 0.3) is 0 Å². The van der Waals surface area contributed by atoms with E-state index in [1.54, 1.807) is 12.3 Å². The van der Waals surface area contributed by atoms with Crippen molar-refractivity contribution in [2.75, 3.05) is 29.4 Å². The lowest BCUT2D eigenvalue weighted by Gasteiger charge is -2.41. The molecular weight excluding hydrogens is 333 g/mol. The standard InChI is InChI=1S/C18H16FN7/c1-12-10-25(18-16(9-20)21-4-5-22-18)6-7-26(12)17-14-8-13(19)2-3-15(14)23-11-24-17/h2-5,8,11-12H,6-7,10H2,1H3. The average molecular weight is 349 g/mol. The number of aromatic nitrogens is 4. The fraction of sp³-hybridized carbons (Fsp3) is 0.278. The first-order valence-electron chi connectivity index (χ1n) is 8.30. The molecule has 130 valence electrons. The predicted molar refractivity (Wildman–Crippen MR) is 95.3 cm³/mol. The van der Waals surface area contributed by atoms with E-state index in [-0.39, 0.29) is 11.9 Å². The fourth-order valence-electron chi connectivity index (χ4n) is 3.35. The Morgan fingerprint density at radius 2 is 1.96 bits per heavy atom. The monoisotopic (exact) mass is 349 g/mol. The Morgan fingerprint density at radius 1 is 1.12 bits per heavy atom. The molecule has 0 N–H and O–H groups in total. The van der Waals surface area contributed by atoms with E-state index in [9.17, 15) is 9.65 Å². The highest BCUT2D eigenvalue weighted by molar-refractivity contribution is 5.89. The Bertz CT molecular complexity index is 1000. The van der Waals surface area contributed by atoms with Gasteiger partial charge in [0.15, 0.2) is 11.5 Å². The number of rotatable bonds is 2. The maximum Gasteiger partial charge on any atom is 0.183 e. The summed E-state index contributed by atoms with van der Waals surface area (Å²) in [4.78, 5) is 21.2. The van der Waals surface area contributed by atoms with Gasteiger partial charge in [0.2, 0.25) is 0 Å². The van der Waals surface area contributed by atoms with Gasteiger partial charge in [0, 0.05) is 43.5 Å². The van der Waals surface area contributed by atoms with Crippen LogP contribution in [0.1, 0.15) is 12.6 Å². The third-order valence-electron chi connectivity index (χ3n) is 4.56. The minimum atomic E-state index is -0.307. The Hall–Kier alpha value is -3.34. The topological polar surface area (TPSA) is 81.8 Å². The molecule has 0 radical (unpaired) electrons. The second-order valence-electron chi connectivity index (χ2n) is 6.19. The van der Waals surface area contributed by atoms with Crippen LogP contribution in [0.2, 0.25) is 0 Å². The van der Waals surface area contributed by atoms with Crippen LogP contribution in [0.15, 0.2) is 36.9 Å². The van der Waals surface area contributed by atoms with Gasteiger partial charge in [-0.15, -0.1) is 0 Å². The summed E-state index contributed by atoms with van der Waals surface area (Å²) in [6.45, 7) is 4.07. The van der Waals surface area contributed by atoms with E-state index >= 15 is 0 Å². The van der Waals surface area contributed by atoms with Crippen LogP contribution in [0.4, 0.5) is 16.0 Å². The molecule has 7 nitrogen and oxygen atoms in total. The quantitative estimate of drug-likeness (QED) is 0.701. The lowest BCUT2D eigenvalue weighted by Crippen LogP contribution is -2.53. The molecule has 0 bridgehead atoms. The number of piperazine rings is 1. The van der Waals surface area contributed by atoms with Gasteiger partial charge < -0.3 is 9.80 Å². The molecule has 0 spiro atoms. The second-order valence-corrected chi connectivity index (χ2v) is 6.19. The van der Waals surface area contributed by atoms with Crippen molar-refractivity contribution in [2.45, 2.75) is 13.0 Å². The Labute approximate surface area is 149 Å². The summed E-state index contributed by atoms with van der Waals surface area (Å²) in [6.07, 6.45) is 4.61. The number of anilines is 2. The van der Waals surface area contributed by atoms with Gasteiger partial charge in [-0.1, -0.05) is 0 Å². The van der Waals surface area contributed by atoms with E-state index in [1.165, 1.54) is 24.7 Å². The third-order valence-corrected chi connectivity index (χ3v) is 4.56. The lowest BCUT2D eigenvalue weighted by atomic mass is 10.1. The summed E-state index contributed by atoms with van der Waals surface area (Å²) in [5, 5.41) is 9.95. The molecule has 4 rings (SSSR count). The van der Waals surface area contributed by atoms with Crippen molar-refractivity contribution >= 4 is 22.5 Å². The molecule has 3 heterocycles. The molecule has 1 atom stereocenters. The number of hydrogen-bond donors (Lipinski definition) is 0. The van der Waals surface area contributed by atoms with E-state index < -0.39 is 0 Å². The molecule has 8 heteroatoms. The second kappa shape index (κ2) is 6.52. The average Bonchev–Trinajstić information content (AvgIpc) is 2.67. The van der Waals surface area contributed by atoms with E-state index in [1.807, 2.05) is 0 Å². The number of halogens is 1. The van der Waals surface area contributed by atoms with Crippen molar-refractivity contribution in [2.24, 2.45) is 0 Å². The first-order chi connectivity index (χ1) is 12.7. The predicted octanol–water partition coefficient (Wildman–Crippen LogP) is 2.15. The summed E-state index contributed by atoms with van der Waals surface area (Å²) in [5.41, 5.74) is 1.04. The van der Waals surface area contributed by atoms with Gasteiger partial charge in [-0.05, 0) is 25.1 Å². The molecule has 1 aromatic carbocycles. The van der Waals surface area contributed by atoms with Crippen LogP contribution in [0.25, 0.3) is 10.9 Å². The van der Waals surface area contributed by atoms with Crippen molar-refractivity contribution < 1.29 is 4.39 Å². The van der Waals surface area contributed by atoms with Gasteiger partial charge in [0.1, 0.15) is 24.0 Å². The smallest absolute Gasteiger partial charge is 0.183 e. The van der Waals surface area contributed by atoms with Crippen LogP contribution < -0.4 is 9.80 Å². The summed E-state index contributed by atoms with van der Waals surface area (Å²) in [7, 11) is 0. The first kappa shape index (κ1) is 16.1. The molecule has 0 amide bonds. The van der Waals surface area contributed by atoms with E-state index in [0.717, 1.165) is 5.82 Å². The van der Waals surface area contributed by atoms with Crippen LogP contribution in [0.5, 0.6) is 0 Å². The minimum absolute atomic E-state index is 0.0960. The zero-order valence-corrected chi connectivity index (χ0v) is 14.2. The fourth-order valence-corrected chi connectivity index (χ4v) is 3.35. The molecule has 26 heavy (non-hydrogen) atoms. The zero-order chi connectivity index (χ0) is 18.1. The van der Waals surface area contributed by atoms with Crippen molar-refractivity contribution in [3.05, 3.63) is 48.4 Å². The molecule has 1 fully saturated rings. The van der Waals surface area contributed by atoms with Crippen LogP contribution in [-0.2, 0) is 0 Å². The lowest BCUT2D eigenvalue weighted by molar-refractivity contribution is 0.543. The molecule has 1 aliphatic rings. The van der Waals surface area contributed by atoms with Gasteiger partial charge in [0.05, 0.1) is 5.52 Å². The number of hydrogen-bond acceptors (Lipinski definition) is 7. The van der Waals surface area contributed by atoms with Crippen LogP contribution in [-0.4, -0.2) is 45.6 Å². The van der Waals surface area contributed by atoms with Gasteiger partial charge >= 0.3 is 0 Å². The number of fused-ring (bicyclic) bond motifs is 1. The Kier molecular flexibility index (Phi) is 4.05. The SMILES string of the molecule is CC1CN(c2nccnc2C#N)CCN1c1ncnc2ccc(F)cc12. The summed E-state index contributed by atoms with van der Waals surface area (Å²) in [5.74, 6) is 1.01. The highest BCUT2D eigenvalue weighted by atomic mass is 19.1. The Morgan fingerprint density at radius 3 is 2.77 bits per heavy atom. The van der Waals surface area contributed by atoms with Crippen molar-refractivity contribution in [1.29, 1.82) is 5.26 Å². The number of nitrogens with zero attached hydrogens (tertiary/aromatic N) is 7. The summed E-state index contributed by atoms with van der Waals surface area (Å²) < 4.78 is 13.7. The Balaban J connectivity index is 1.64. The minimum Gasteiger partial charge on any atom is -0.350 e. The maximum atomic E-state index is 13.7. The molecule has 3 aromatic rings. The van der Waals surface area contributed by atoms with Crippen LogP contribution in [0, 0.1) is 17.1 Å². The molecule has 0 aliphatic carbocycles. The number of benzene rings is 1. The van der Waals surface area contributed by atoms with Crippen LogP contribution in [0.3, 0.4) is 0 Å². The van der Waals surface area contributed by atoms with Gasteiger partial charge in [-0.2, -0.15) is 5.26 Å². The van der Waals surface area contributed by atoms with E-state index in [4.69, 9.17) is 0 Å². The largest absolute Gasteiger partial charge is 0.350 e.